The minimum absolute atomic E-state index is 0.440. The van der Waals surface area contributed by atoms with E-state index in [0.29, 0.717) is 11.8 Å². The summed E-state index contributed by atoms with van der Waals surface area (Å²) in [6, 6.07) is 0. The maximum atomic E-state index is 5.29. The van der Waals surface area contributed by atoms with Crippen molar-refractivity contribution < 1.29 is 0 Å². The van der Waals surface area contributed by atoms with E-state index in [0.717, 1.165) is 0 Å². The first-order valence-corrected chi connectivity index (χ1v) is 1.96. The van der Waals surface area contributed by atoms with E-state index in [1.165, 1.54) is 0 Å². The molecule has 0 bridgehead atoms. The standard InChI is InChI=1S/C3H3ClN2/c4-3-5-1-2-6-3/h1H2,(H,5,6). The summed E-state index contributed by atoms with van der Waals surface area (Å²) >= 11 is 5.29. The van der Waals surface area contributed by atoms with Crippen LogP contribution in [0.3, 0.4) is 0 Å². The summed E-state index contributed by atoms with van der Waals surface area (Å²) < 4.78 is 0. The van der Waals surface area contributed by atoms with Crippen LogP contribution in [0.4, 0.5) is 0 Å². The normalized spacial score (nSPS) is 19.8. The Morgan fingerprint density at radius 1 is 2.00 bits per heavy atom. The highest BCUT2D eigenvalue weighted by Gasteiger charge is 1.98. The van der Waals surface area contributed by atoms with Crippen LogP contribution in [-0.4, -0.2) is 11.8 Å². The molecule has 0 aromatic rings. The molecule has 0 atom stereocenters. The quantitative estimate of drug-likeness (QED) is 0.435. The lowest BCUT2D eigenvalue weighted by molar-refractivity contribution is 1.11. The number of hydrogen-bond donors (Lipinski definition) is 1. The minimum Gasteiger partial charge on any atom is -0.348 e. The third-order valence-electron chi connectivity index (χ3n) is 0.488. The van der Waals surface area contributed by atoms with Gasteiger partial charge in [-0.2, -0.15) is 0 Å². The summed E-state index contributed by atoms with van der Waals surface area (Å²) in [5, 5.41) is 3.02. The molecule has 2 nitrogen and oxygen atoms in total. The molecule has 0 unspecified atom stereocenters. The monoisotopic (exact) mass is 102 g/mol. The number of rotatable bonds is 0. The molecule has 0 aromatic heterocycles. The van der Waals surface area contributed by atoms with Gasteiger partial charge in [0.25, 0.3) is 0 Å². The van der Waals surface area contributed by atoms with Crippen LogP contribution in [0.2, 0.25) is 0 Å². The molecule has 1 rings (SSSR count). The second-order valence-corrected chi connectivity index (χ2v) is 1.27. The molecular weight excluding hydrogens is 99.5 g/mol. The molecule has 6 heavy (non-hydrogen) atoms. The lowest BCUT2D eigenvalue weighted by atomic mass is 10.7. The SMILES string of the molecule is ClC1=NC[C]N1. The molecule has 1 heterocycles. The third-order valence-corrected chi connectivity index (χ3v) is 0.702. The van der Waals surface area contributed by atoms with Crippen LogP contribution in [-0.2, 0) is 0 Å². The van der Waals surface area contributed by atoms with Gasteiger partial charge in [-0.05, 0) is 11.6 Å². The number of nitrogens with one attached hydrogen (secondary N) is 1. The van der Waals surface area contributed by atoms with Crippen LogP contribution < -0.4 is 5.32 Å². The van der Waals surface area contributed by atoms with Crippen molar-refractivity contribution in [1.82, 2.24) is 5.32 Å². The van der Waals surface area contributed by atoms with E-state index in [-0.39, 0.29) is 0 Å². The minimum atomic E-state index is 0.440. The van der Waals surface area contributed by atoms with Crippen LogP contribution in [0.25, 0.3) is 0 Å². The Morgan fingerprint density at radius 3 is 3.00 bits per heavy atom. The first-order valence-electron chi connectivity index (χ1n) is 1.58. The van der Waals surface area contributed by atoms with Gasteiger partial charge < -0.3 is 5.32 Å². The molecule has 0 saturated heterocycles. The van der Waals surface area contributed by atoms with Gasteiger partial charge in [-0.25, -0.2) is 0 Å². The van der Waals surface area contributed by atoms with Crippen molar-refractivity contribution in [3.63, 3.8) is 0 Å². The maximum absolute atomic E-state index is 5.29. The van der Waals surface area contributed by atoms with Crippen LogP contribution in [0, 0.1) is 6.54 Å². The van der Waals surface area contributed by atoms with Gasteiger partial charge in [0.15, 0.2) is 5.29 Å². The molecule has 3 heteroatoms. The van der Waals surface area contributed by atoms with Gasteiger partial charge in [0, 0.05) is 0 Å². The Kier molecular flexibility index (Phi) is 0.965. The second kappa shape index (κ2) is 1.47. The predicted octanol–water partition coefficient (Wildman–Crippen LogP) is 0.223. The van der Waals surface area contributed by atoms with Gasteiger partial charge >= 0.3 is 0 Å². The second-order valence-electron chi connectivity index (χ2n) is 0.909. The van der Waals surface area contributed by atoms with Crippen LogP contribution in [0.15, 0.2) is 4.99 Å². The summed E-state index contributed by atoms with van der Waals surface area (Å²) in [6.45, 7) is 3.27. The fourth-order valence-corrected chi connectivity index (χ4v) is 0.388. The van der Waals surface area contributed by atoms with E-state index in [4.69, 9.17) is 11.6 Å². The van der Waals surface area contributed by atoms with Crippen LogP contribution >= 0.6 is 11.6 Å². The van der Waals surface area contributed by atoms with Gasteiger partial charge in [-0.15, -0.1) is 0 Å². The average molecular weight is 103 g/mol. The first kappa shape index (κ1) is 3.93. The van der Waals surface area contributed by atoms with E-state index in [1.54, 1.807) is 0 Å². The molecule has 1 aliphatic heterocycles. The van der Waals surface area contributed by atoms with E-state index in [9.17, 15) is 0 Å². The Labute approximate surface area is 41.2 Å². The zero-order valence-corrected chi connectivity index (χ0v) is 3.79. The van der Waals surface area contributed by atoms with Gasteiger partial charge in [0.2, 0.25) is 0 Å². The highest BCUT2D eigenvalue weighted by atomic mass is 35.5. The summed E-state index contributed by atoms with van der Waals surface area (Å²) in [5.41, 5.74) is 0. The molecule has 0 saturated carbocycles. The van der Waals surface area contributed by atoms with Gasteiger partial charge in [-0.1, -0.05) is 0 Å². The number of hydrogen-bond acceptors (Lipinski definition) is 2. The lowest BCUT2D eigenvalue weighted by Crippen LogP contribution is -2.06. The highest BCUT2D eigenvalue weighted by molar-refractivity contribution is 6.65. The Bertz CT molecular complexity index is 78.9. The maximum Gasteiger partial charge on any atom is 0.191 e. The van der Waals surface area contributed by atoms with Crippen molar-refractivity contribution in [2.24, 2.45) is 4.99 Å². The van der Waals surface area contributed by atoms with Gasteiger partial charge in [0.1, 0.15) is 6.54 Å². The van der Waals surface area contributed by atoms with E-state index < -0.39 is 0 Å². The van der Waals surface area contributed by atoms with Crippen LogP contribution in [0.1, 0.15) is 0 Å². The van der Waals surface area contributed by atoms with E-state index in [2.05, 4.69) is 16.9 Å². The smallest absolute Gasteiger partial charge is 0.191 e. The topological polar surface area (TPSA) is 24.4 Å². The number of nitrogens with zero attached hydrogens (tertiary/aromatic N) is 1. The average Bonchev–Trinajstić information content (AvgIpc) is 1.86. The van der Waals surface area contributed by atoms with Crippen molar-refractivity contribution in [3.05, 3.63) is 6.54 Å². The zero-order chi connectivity index (χ0) is 4.41. The molecule has 0 amide bonds. The summed E-state index contributed by atoms with van der Waals surface area (Å²) in [6.07, 6.45) is 0. The highest BCUT2D eigenvalue weighted by Crippen LogP contribution is 1.90. The van der Waals surface area contributed by atoms with Gasteiger partial charge in [0.05, 0.1) is 6.54 Å². The molecule has 32 valence electrons. The molecule has 2 radical (unpaired) electrons. The molecule has 0 aromatic carbocycles. The molecule has 1 N–H and O–H groups in total. The van der Waals surface area contributed by atoms with Crippen molar-refractivity contribution in [2.75, 3.05) is 6.54 Å². The summed E-state index contributed by atoms with van der Waals surface area (Å²) in [7, 11) is 0. The zero-order valence-electron chi connectivity index (χ0n) is 3.03. The molecule has 0 fully saturated rings. The fraction of sp³-hybridized carbons (Fsp3) is 0.333. The lowest BCUT2D eigenvalue weighted by Gasteiger charge is -1.80. The number of aliphatic imine (C=N–C) groups is 1. The first-order chi connectivity index (χ1) is 2.89. The fourth-order valence-electron chi connectivity index (χ4n) is 0.261. The molecule has 0 aliphatic carbocycles. The summed E-state index contributed by atoms with van der Waals surface area (Å²) in [4.78, 5) is 3.70. The largest absolute Gasteiger partial charge is 0.348 e. The number of halogens is 1. The van der Waals surface area contributed by atoms with E-state index in [1.807, 2.05) is 0 Å². The van der Waals surface area contributed by atoms with Crippen molar-refractivity contribution in [2.45, 2.75) is 0 Å². The molecule has 0 spiro atoms. The summed E-state index contributed by atoms with van der Waals surface area (Å²) in [5.74, 6) is 0. The van der Waals surface area contributed by atoms with E-state index >= 15 is 0 Å². The van der Waals surface area contributed by atoms with Gasteiger partial charge in [-0.3, -0.25) is 4.99 Å². The molecular formula is C3H3ClN2. The Hall–Kier alpha value is -0.240. The van der Waals surface area contributed by atoms with Crippen LogP contribution in [0.5, 0.6) is 0 Å². The number of amidine groups is 1. The predicted molar refractivity (Wildman–Crippen MR) is 24.5 cm³/mol. The Balaban J connectivity index is 2.45. The van der Waals surface area contributed by atoms with Crippen molar-refractivity contribution in [3.8, 4) is 0 Å². The third kappa shape index (κ3) is 0.627. The molecule has 1 aliphatic rings. The Morgan fingerprint density at radius 2 is 2.83 bits per heavy atom. The van der Waals surface area contributed by atoms with Crippen molar-refractivity contribution >= 4 is 16.9 Å². The van der Waals surface area contributed by atoms with Crippen molar-refractivity contribution in [1.29, 1.82) is 0 Å².